The van der Waals surface area contributed by atoms with Crippen LogP contribution in [0.2, 0.25) is 0 Å². The first kappa shape index (κ1) is 12.5. The van der Waals surface area contributed by atoms with Gasteiger partial charge in [0.25, 0.3) is 5.91 Å². The van der Waals surface area contributed by atoms with Gasteiger partial charge >= 0.3 is 0 Å². The molecule has 16 heavy (non-hydrogen) atoms. The molecule has 3 nitrogen and oxygen atoms in total. The van der Waals surface area contributed by atoms with Gasteiger partial charge in [0.05, 0.1) is 5.56 Å². The minimum absolute atomic E-state index is 0.0126. The number of hydrogen-bond acceptors (Lipinski definition) is 2. The van der Waals surface area contributed by atoms with Crippen LogP contribution in [0.4, 0.5) is 4.39 Å². The van der Waals surface area contributed by atoms with Crippen molar-refractivity contribution in [3.8, 4) is 5.75 Å². The maximum absolute atomic E-state index is 12.9. The summed E-state index contributed by atoms with van der Waals surface area (Å²) in [5, 5.41) is 9.47. The summed E-state index contributed by atoms with van der Waals surface area (Å²) in [4.78, 5) is 13.3. The summed E-state index contributed by atoms with van der Waals surface area (Å²) in [6.45, 7) is 2.63. The molecule has 0 aliphatic carbocycles. The molecular weight excluding hydrogens is 209 g/mol. The van der Waals surface area contributed by atoms with Crippen LogP contribution in [-0.4, -0.2) is 29.5 Å². The van der Waals surface area contributed by atoms with Crippen molar-refractivity contribution in [1.82, 2.24) is 4.90 Å². The first-order valence-electron chi connectivity index (χ1n) is 5.30. The lowest BCUT2D eigenvalue weighted by Crippen LogP contribution is -2.27. The molecule has 1 aromatic carbocycles. The molecule has 1 rings (SSSR count). The lowest BCUT2D eigenvalue weighted by Gasteiger charge is -2.17. The van der Waals surface area contributed by atoms with Crippen molar-refractivity contribution in [2.45, 2.75) is 19.8 Å². The average molecular weight is 225 g/mol. The number of unbranched alkanes of at least 4 members (excludes halogenated alkanes) is 1. The molecule has 0 aliphatic rings. The molecule has 0 fully saturated rings. The lowest BCUT2D eigenvalue weighted by atomic mass is 10.1. The Balaban J connectivity index is 2.83. The zero-order valence-electron chi connectivity index (χ0n) is 9.53. The normalized spacial score (nSPS) is 10.2. The van der Waals surface area contributed by atoms with Crippen LogP contribution in [0.15, 0.2) is 18.2 Å². The van der Waals surface area contributed by atoms with Gasteiger partial charge < -0.3 is 10.0 Å². The Morgan fingerprint density at radius 1 is 1.50 bits per heavy atom. The smallest absolute Gasteiger partial charge is 0.257 e. The molecule has 88 valence electrons. The number of rotatable bonds is 4. The second kappa shape index (κ2) is 5.49. The fourth-order valence-corrected chi connectivity index (χ4v) is 1.38. The van der Waals surface area contributed by atoms with Gasteiger partial charge in [-0.25, -0.2) is 4.39 Å². The van der Waals surface area contributed by atoms with E-state index >= 15 is 0 Å². The van der Waals surface area contributed by atoms with Crippen LogP contribution in [0.1, 0.15) is 30.1 Å². The highest BCUT2D eigenvalue weighted by Gasteiger charge is 2.15. The molecule has 0 saturated carbocycles. The molecule has 0 aliphatic heterocycles. The summed E-state index contributed by atoms with van der Waals surface area (Å²) < 4.78 is 12.9. The minimum Gasteiger partial charge on any atom is -0.507 e. The Kier molecular flexibility index (Phi) is 4.28. The highest BCUT2D eigenvalue weighted by molar-refractivity contribution is 5.96. The van der Waals surface area contributed by atoms with Crippen LogP contribution in [-0.2, 0) is 0 Å². The van der Waals surface area contributed by atoms with Crippen LogP contribution < -0.4 is 0 Å². The number of carbonyl (C=O) groups excluding carboxylic acids is 1. The van der Waals surface area contributed by atoms with Gasteiger partial charge in [-0.1, -0.05) is 13.3 Å². The first-order valence-corrected chi connectivity index (χ1v) is 5.30. The van der Waals surface area contributed by atoms with E-state index in [0.29, 0.717) is 6.54 Å². The van der Waals surface area contributed by atoms with Crippen LogP contribution >= 0.6 is 0 Å². The quantitative estimate of drug-likeness (QED) is 0.854. The van der Waals surface area contributed by atoms with Crippen molar-refractivity contribution in [1.29, 1.82) is 0 Å². The van der Waals surface area contributed by atoms with Gasteiger partial charge in [-0.15, -0.1) is 0 Å². The number of phenolic OH excluding ortho intramolecular Hbond substituents is 1. The van der Waals surface area contributed by atoms with E-state index in [1.807, 2.05) is 6.92 Å². The van der Waals surface area contributed by atoms with Crippen molar-refractivity contribution in [2.75, 3.05) is 13.6 Å². The van der Waals surface area contributed by atoms with E-state index in [1.165, 1.54) is 11.0 Å². The molecule has 1 aromatic rings. The monoisotopic (exact) mass is 225 g/mol. The van der Waals surface area contributed by atoms with E-state index in [-0.39, 0.29) is 17.2 Å². The molecule has 0 radical (unpaired) electrons. The molecule has 4 heteroatoms. The molecular formula is C12H16FNO2. The summed E-state index contributed by atoms with van der Waals surface area (Å²) in [7, 11) is 1.64. The number of nitrogens with zero attached hydrogens (tertiary/aromatic N) is 1. The topological polar surface area (TPSA) is 40.5 Å². The lowest BCUT2D eigenvalue weighted by molar-refractivity contribution is 0.0789. The van der Waals surface area contributed by atoms with Gasteiger partial charge in [-0.2, -0.15) is 0 Å². The fourth-order valence-electron chi connectivity index (χ4n) is 1.38. The minimum atomic E-state index is -0.523. The summed E-state index contributed by atoms with van der Waals surface area (Å²) in [6.07, 6.45) is 1.87. The van der Waals surface area contributed by atoms with Crippen molar-refractivity contribution in [3.05, 3.63) is 29.6 Å². The second-order valence-corrected chi connectivity index (χ2v) is 3.74. The van der Waals surface area contributed by atoms with E-state index < -0.39 is 5.82 Å². The molecule has 0 unspecified atom stereocenters. The number of hydrogen-bond donors (Lipinski definition) is 1. The van der Waals surface area contributed by atoms with Gasteiger partial charge in [0.1, 0.15) is 11.6 Å². The van der Waals surface area contributed by atoms with Gasteiger partial charge in [-0.3, -0.25) is 4.79 Å². The fraction of sp³-hybridized carbons (Fsp3) is 0.417. The maximum Gasteiger partial charge on any atom is 0.257 e. The summed E-state index contributed by atoms with van der Waals surface area (Å²) in [6, 6.07) is 3.37. The van der Waals surface area contributed by atoms with Crippen molar-refractivity contribution in [3.63, 3.8) is 0 Å². The third kappa shape index (κ3) is 2.95. The molecule has 0 aromatic heterocycles. The van der Waals surface area contributed by atoms with Crippen LogP contribution in [0.5, 0.6) is 5.75 Å². The number of phenols is 1. The number of amides is 1. The molecule has 1 amide bonds. The van der Waals surface area contributed by atoms with Crippen molar-refractivity contribution >= 4 is 5.91 Å². The van der Waals surface area contributed by atoms with E-state index in [1.54, 1.807) is 7.05 Å². The first-order chi connectivity index (χ1) is 7.56. The van der Waals surface area contributed by atoms with E-state index in [0.717, 1.165) is 25.0 Å². The van der Waals surface area contributed by atoms with Crippen LogP contribution in [0.25, 0.3) is 0 Å². The molecule has 0 bridgehead atoms. The number of carbonyl (C=O) groups is 1. The summed E-state index contributed by atoms with van der Waals surface area (Å²) >= 11 is 0. The number of halogens is 1. The number of benzene rings is 1. The third-order valence-electron chi connectivity index (χ3n) is 2.38. The highest BCUT2D eigenvalue weighted by Crippen LogP contribution is 2.19. The molecule has 0 spiro atoms. The average Bonchev–Trinajstić information content (AvgIpc) is 2.28. The van der Waals surface area contributed by atoms with E-state index in [2.05, 4.69) is 0 Å². The van der Waals surface area contributed by atoms with Gasteiger partial charge in [0.2, 0.25) is 0 Å². The number of aromatic hydroxyl groups is 1. The van der Waals surface area contributed by atoms with Crippen LogP contribution in [0, 0.1) is 5.82 Å². The molecule has 1 N–H and O–H groups in total. The van der Waals surface area contributed by atoms with Crippen molar-refractivity contribution in [2.24, 2.45) is 0 Å². The Bertz CT molecular complexity index is 379. The zero-order valence-corrected chi connectivity index (χ0v) is 9.53. The zero-order chi connectivity index (χ0) is 12.1. The molecule has 0 saturated heterocycles. The van der Waals surface area contributed by atoms with E-state index in [9.17, 15) is 14.3 Å². The van der Waals surface area contributed by atoms with E-state index in [4.69, 9.17) is 0 Å². The van der Waals surface area contributed by atoms with Gasteiger partial charge in [-0.05, 0) is 24.6 Å². The maximum atomic E-state index is 12.9. The molecule has 0 atom stereocenters. The highest BCUT2D eigenvalue weighted by atomic mass is 19.1. The van der Waals surface area contributed by atoms with Gasteiger partial charge in [0, 0.05) is 13.6 Å². The van der Waals surface area contributed by atoms with Crippen LogP contribution in [0.3, 0.4) is 0 Å². The SMILES string of the molecule is CCCCN(C)C(=O)c1cc(F)ccc1O. The Morgan fingerprint density at radius 3 is 2.81 bits per heavy atom. The van der Waals surface area contributed by atoms with Crippen molar-refractivity contribution < 1.29 is 14.3 Å². The summed E-state index contributed by atoms with van der Waals surface area (Å²) in [5.74, 6) is -1.06. The predicted molar refractivity (Wildman–Crippen MR) is 59.9 cm³/mol. The second-order valence-electron chi connectivity index (χ2n) is 3.74. The Morgan fingerprint density at radius 2 is 2.19 bits per heavy atom. The van der Waals surface area contributed by atoms with Gasteiger partial charge in [0.15, 0.2) is 0 Å². The largest absolute Gasteiger partial charge is 0.507 e. The predicted octanol–water partition coefficient (Wildman–Crippen LogP) is 2.40. The Hall–Kier alpha value is -1.58. The Labute approximate surface area is 94.5 Å². The third-order valence-corrected chi connectivity index (χ3v) is 2.38. The summed E-state index contributed by atoms with van der Waals surface area (Å²) in [5.41, 5.74) is 0.0126. The molecule has 0 heterocycles. The standard InChI is InChI=1S/C12H16FNO2/c1-3-4-7-14(2)12(16)10-8-9(13)5-6-11(10)15/h5-6,8,15H,3-4,7H2,1-2H3.